The monoisotopic (exact) mass is 477 g/mol. The van der Waals surface area contributed by atoms with Gasteiger partial charge >= 0.3 is 5.97 Å². The molecule has 2 aromatic rings. The second kappa shape index (κ2) is 11.5. The summed E-state index contributed by atoms with van der Waals surface area (Å²) < 4.78 is 10.7. The molecule has 3 aliphatic heterocycles. The van der Waals surface area contributed by atoms with Crippen LogP contribution in [0, 0.1) is 5.92 Å². The Balaban J connectivity index is 1.19. The van der Waals surface area contributed by atoms with Gasteiger partial charge in [-0.05, 0) is 73.7 Å². The van der Waals surface area contributed by atoms with Crippen molar-refractivity contribution in [2.75, 3.05) is 51.8 Å². The summed E-state index contributed by atoms with van der Waals surface area (Å²) in [6, 6.07) is 13.3. The molecule has 1 unspecified atom stereocenters. The van der Waals surface area contributed by atoms with Crippen molar-refractivity contribution in [3.05, 3.63) is 58.8 Å². The maximum atomic E-state index is 12.3. The molecule has 3 aliphatic rings. The van der Waals surface area contributed by atoms with Gasteiger partial charge in [-0.1, -0.05) is 30.3 Å². The zero-order chi connectivity index (χ0) is 24.0. The van der Waals surface area contributed by atoms with Crippen LogP contribution in [-0.2, 0) is 27.1 Å². The highest BCUT2D eigenvalue weighted by Gasteiger charge is 2.27. The Morgan fingerprint density at radius 1 is 1.29 bits per heavy atom. The van der Waals surface area contributed by atoms with Gasteiger partial charge in [-0.3, -0.25) is 4.79 Å². The maximum absolute atomic E-state index is 12.3. The highest BCUT2D eigenvalue weighted by atomic mass is 16.5. The number of benzene rings is 1. The fraction of sp³-hybridized carbons (Fsp3) is 0.586. The summed E-state index contributed by atoms with van der Waals surface area (Å²) in [5.41, 5.74) is 5.14. The number of aryl methyl sites for hydroxylation is 2. The molecule has 6 nitrogen and oxygen atoms in total. The first-order valence-electron chi connectivity index (χ1n) is 13.4. The largest absolute Gasteiger partial charge is 0.469 e. The van der Waals surface area contributed by atoms with Gasteiger partial charge in [-0.15, -0.1) is 0 Å². The molecule has 0 spiro atoms. The molecule has 1 aromatic carbocycles. The van der Waals surface area contributed by atoms with Gasteiger partial charge < -0.3 is 19.7 Å². The van der Waals surface area contributed by atoms with Crippen LogP contribution < -0.4 is 5.32 Å². The molecule has 2 saturated heterocycles. The van der Waals surface area contributed by atoms with Crippen LogP contribution in [-0.4, -0.2) is 62.4 Å². The van der Waals surface area contributed by atoms with E-state index in [4.69, 9.17) is 14.5 Å². The number of ether oxygens (including phenoxy) is 2. The SMILES string of the molecule is COC(=O)C[C@H](CN1CC[C@@H](CCc2ccc3c(n2)NCCC3)C1)c1cccc(C2CCOC2)c1. The average molecular weight is 478 g/mol. The van der Waals surface area contributed by atoms with E-state index in [0.717, 1.165) is 64.5 Å². The summed E-state index contributed by atoms with van der Waals surface area (Å²) in [5, 5.41) is 3.45. The van der Waals surface area contributed by atoms with Crippen LogP contribution in [0.25, 0.3) is 0 Å². The van der Waals surface area contributed by atoms with Crippen molar-refractivity contribution in [1.29, 1.82) is 0 Å². The molecule has 3 atom stereocenters. The number of likely N-dealkylation sites (tertiary alicyclic amines) is 1. The maximum Gasteiger partial charge on any atom is 0.306 e. The number of rotatable bonds is 9. The van der Waals surface area contributed by atoms with Gasteiger partial charge in [0.25, 0.3) is 0 Å². The Hall–Kier alpha value is -2.44. The van der Waals surface area contributed by atoms with E-state index >= 15 is 0 Å². The molecule has 0 amide bonds. The lowest BCUT2D eigenvalue weighted by atomic mass is 9.90. The van der Waals surface area contributed by atoms with E-state index in [1.54, 1.807) is 0 Å². The number of hydrogen-bond donors (Lipinski definition) is 1. The molecule has 0 radical (unpaired) electrons. The predicted octanol–water partition coefficient (Wildman–Crippen LogP) is 4.55. The first kappa shape index (κ1) is 24.3. The molecular formula is C29H39N3O3. The number of esters is 1. The van der Waals surface area contributed by atoms with E-state index in [9.17, 15) is 4.79 Å². The van der Waals surface area contributed by atoms with Crippen molar-refractivity contribution in [3.8, 4) is 0 Å². The molecular weight excluding hydrogens is 438 g/mol. The molecule has 35 heavy (non-hydrogen) atoms. The third-order valence-corrected chi connectivity index (χ3v) is 8.03. The lowest BCUT2D eigenvalue weighted by molar-refractivity contribution is -0.141. The smallest absolute Gasteiger partial charge is 0.306 e. The molecule has 2 fully saturated rings. The number of aromatic nitrogens is 1. The first-order chi connectivity index (χ1) is 17.2. The van der Waals surface area contributed by atoms with Crippen molar-refractivity contribution in [2.24, 2.45) is 5.92 Å². The van der Waals surface area contributed by atoms with Gasteiger partial charge in [-0.2, -0.15) is 0 Å². The average Bonchev–Trinajstić information content (AvgIpc) is 3.60. The summed E-state index contributed by atoms with van der Waals surface area (Å²) >= 11 is 0. The van der Waals surface area contributed by atoms with E-state index in [2.05, 4.69) is 46.6 Å². The quantitative estimate of drug-likeness (QED) is 0.535. The Morgan fingerprint density at radius 3 is 3.09 bits per heavy atom. The van der Waals surface area contributed by atoms with Crippen LogP contribution in [0.5, 0.6) is 0 Å². The lowest BCUT2D eigenvalue weighted by Crippen LogP contribution is -2.28. The summed E-state index contributed by atoms with van der Waals surface area (Å²) in [4.78, 5) is 19.7. The summed E-state index contributed by atoms with van der Waals surface area (Å²) in [6.45, 7) is 5.76. The molecule has 1 aromatic heterocycles. The number of nitrogens with one attached hydrogen (secondary N) is 1. The highest BCUT2D eigenvalue weighted by molar-refractivity contribution is 5.70. The Labute approximate surface area is 209 Å². The van der Waals surface area contributed by atoms with Crippen LogP contribution in [0.4, 0.5) is 5.82 Å². The Kier molecular flexibility index (Phi) is 7.99. The number of pyridine rings is 1. The number of hydrogen-bond acceptors (Lipinski definition) is 6. The predicted molar refractivity (Wildman–Crippen MR) is 138 cm³/mol. The Bertz CT molecular complexity index is 1000. The zero-order valence-electron chi connectivity index (χ0n) is 21.0. The lowest BCUT2D eigenvalue weighted by Gasteiger charge is -2.24. The van der Waals surface area contributed by atoms with Crippen molar-refractivity contribution in [2.45, 2.75) is 56.8 Å². The highest BCUT2D eigenvalue weighted by Crippen LogP contribution is 2.31. The zero-order valence-corrected chi connectivity index (χ0v) is 21.0. The molecule has 0 bridgehead atoms. The molecule has 1 N–H and O–H groups in total. The van der Waals surface area contributed by atoms with E-state index in [0.29, 0.717) is 18.3 Å². The topological polar surface area (TPSA) is 63.7 Å². The third kappa shape index (κ3) is 6.22. The number of carbonyl (C=O) groups is 1. The molecule has 5 rings (SSSR count). The van der Waals surface area contributed by atoms with Crippen molar-refractivity contribution in [3.63, 3.8) is 0 Å². The molecule has 0 saturated carbocycles. The van der Waals surface area contributed by atoms with E-state index in [-0.39, 0.29) is 11.9 Å². The number of anilines is 1. The van der Waals surface area contributed by atoms with E-state index in [1.807, 2.05) is 0 Å². The van der Waals surface area contributed by atoms with Crippen molar-refractivity contribution in [1.82, 2.24) is 9.88 Å². The number of fused-ring (bicyclic) bond motifs is 1. The van der Waals surface area contributed by atoms with Crippen LogP contribution in [0.15, 0.2) is 36.4 Å². The number of nitrogens with zero attached hydrogens (tertiary/aromatic N) is 2. The van der Waals surface area contributed by atoms with E-state index < -0.39 is 0 Å². The van der Waals surface area contributed by atoms with Crippen LogP contribution in [0.1, 0.15) is 66.3 Å². The van der Waals surface area contributed by atoms with Gasteiger partial charge in [0.2, 0.25) is 0 Å². The number of methoxy groups -OCH3 is 1. The number of carbonyl (C=O) groups excluding carboxylic acids is 1. The second-order valence-corrected chi connectivity index (χ2v) is 10.5. The van der Waals surface area contributed by atoms with Crippen LogP contribution >= 0.6 is 0 Å². The minimum absolute atomic E-state index is 0.132. The molecule has 6 heteroatoms. The van der Waals surface area contributed by atoms with Gasteiger partial charge in [0.1, 0.15) is 5.82 Å². The standard InChI is InChI=1S/C29H39N3O3/c1-34-28(33)17-26(24-5-2-4-23(16-24)25-12-15-35-20-25)19-32-14-11-21(18-32)7-9-27-10-8-22-6-3-13-30-29(22)31-27/h2,4-5,8,10,16,21,25-26H,3,6-7,9,11-15,17-20H2,1H3,(H,30,31)/t21-,25?,26-/m1/s1. The fourth-order valence-electron chi connectivity index (χ4n) is 5.92. The Morgan fingerprint density at radius 2 is 2.23 bits per heavy atom. The minimum Gasteiger partial charge on any atom is -0.469 e. The fourth-order valence-corrected chi connectivity index (χ4v) is 5.92. The first-order valence-corrected chi connectivity index (χ1v) is 13.4. The summed E-state index contributed by atoms with van der Waals surface area (Å²) in [7, 11) is 1.49. The third-order valence-electron chi connectivity index (χ3n) is 8.03. The van der Waals surface area contributed by atoms with Crippen molar-refractivity contribution < 1.29 is 14.3 Å². The summed E-state index contributed by atoms with van der Waals surface area (Å²) in [6.07, 6.45) is 7.25. The van der Waals surface area contributed by atoms with Crippen LogP contribution in [0.2, 0.25) is 0 Å². The van der Waals surface area contributed by atoms with Gasteiger partial charge in [0, 0.05) is 43.8 Å². The summed E-state index contributed by atoms with van der Waals surface area (Å²) in [5.74, 6) is 2.27. The van der Waals surface area contributed by atoms with Gasteiger partial charge in [-0.25, -0.2) is 4.98 Å². The van der Waals surface area contributed by atoms with Gasteiger partial charge in [0.15, 0.2) is 0 Å². The van der Waals surface area contributed by atoms with Crippen LogP contribution in [0.3, 0.4) is 0 Å². The molecule has 188 valence electrons. The normalized spacial score (nSPS) is 23.0. The minimum atomic E-state index is -0.132. The van der Waals surface area contributed by atoms with E-state index in [1.165, 1.54) is 48.8 Å². The van der Waals surface area contributed by atoms with Crippen molar-refractivity contribution >= 4 is 11.8 Å². The second-order valence-electron chi connectivity index (χ2n) is 10.5. The molecule has 4 heterocycles. The van der Waals surface area contributed by atoms with Gasteiger partial charge in [0.05, 0.1) is 20.1 Å². The molecule has 0 aliphatic carbocycles.